The number of aromatic amines is 1. The number of halogens is 1. The second-order valence-corrected chi connectivity index (χ2v) is 4.16. The van der Waals surface area contributed by atoms with Crippen LogP contribution in [-0.4, -0.2) is 37.9 Å². The van der Waals surface area contributed by atoms with E-state index < -0.39 is 5.97 Å². The third-order valence-electron chi connectivity index (χ3n) is 2.62. The number of esters is 1. The molecule has 0 spiro atoms. The molecule has 0 fully saturated rings. The molecule has 19 heavy (non-hydrogen) atoms. The molecule has 96 valence electrons. The maximum Gasteiger partial charge on any atom is 0.339 e. The van der Waals surface area contributed by atoms with Crippen LogP contribution in [0.15, 0.2) is 24.5 Å². The minimum Gasteiger partial charge on any atom is -0.465 e. The van der Waals surface area contributed by atoms with E-state index in [0.29, 0.717) is 27.8 Å². The lowest BCUT2D eigenvalue weighted by atomic mass is 10.3. The predicted molar refractivity (Wildman–Crippen MR) is 66.9 cm³/mol. The van der Waals surface area contributed by atoms with E-state index in [-0.39, 0.29) is 0 Å². The van der Waals surface area contributed by atoms with Crippen molar-refractivity contribution in [2.45, 2.75) is 0 Å². The van der Waals surface area contributed by atoms with E-state index in [1.165, 1.54) is 13.2 Å². The topological polar surface area (TPSA) is 85.2 Å². The van der Waals surface area contributed by atoms with Crippen LogP contribution in [0.25, 0.3) is 17.2 Å². The first-order chi connectivity index (χ1) is 9.20. The van der Waals surface area contributed by atoms with Crippen LogP contribution in [0.4, 0.5) is 0 Å². The molecule has 0 aromatic carbocycles. The number of fused-ring (bicyclic) bond motifs is 1. The van der Waals surface area contributed by atoms with Gasteiger partial charge in [-0.05, 0) is 12.1 Å². The van der Waals surface area contributed by atoms with Gasteiger partial charge in [0.2, 0.25) is 0 Å². The monoisotopic (exact) mass is 277 g/mol. The van der Waals surface area contributed by atoms with E-state index in [2.05, 4.69) is 25.1 Å². The molecule has 3 rings (SSSR count). The number of rotatable bonds is 2. The number of pyridine rings is 1. The number of nitrogens with one attached hydrogen (secondary N) is 1. The quantitative estimate of drug-likeness (QED) is 0.719. The summed E-state index contributed by atoms with van der Waals surface area (Å²) in [7, 11) is 1.31. The van der Waals surface area contributed by atoms with Crippen LogP contribution >= 0.6 is 11.6 Å². The summed E-state index contributed by atoms with van der Waals surface area (Å²) in [5.74, 6) is 0.0354. The lowest BCUT2D eigenvalue weighted by Crippen LogP contribution is -2.04. The summed E-state index contributed by atoms with van der Waals surface area (Å²) in [5, 5.41) is 15.0. The Kier molecular flexibility index (Phi) is 2.68. The van der Waals surface area contributed by atoms with E-state index in [0.717, 1.165) is 0 Å². The fraction of sp³-hybridized carbons (Fsp3) is 0.0909. The number of methoxy groups -OCH3 is 1. The van der Waals surface area contributed by atoms with E-state index in [1.54, 1.807) is 22.9 Å². The number of hydrogen-bond acceptors (Lipinski definition) is 5. The molecule has 0 aliphatic heterocycles. The van der Waals surface area contributed by atoms with Gasteiger partial charge in [-0.2, -0.15) is 5.10 Å². The van der Waals surface area contributed by atoms with Crippen LogP contribution in [0.2, 0.25) is 5.02 Å². The molecule has 3 heterocycles. The van der Waals surface area contributed by atoms with E-state index in [1.807, 2.05) is 0 Å². The average Bonchev–Trinajstić information content (AvgIpc) is 3.05. The molecule has 3 aromatic heterocycles. The summed E-state index contributed by atoms with van der Waals surface area (Å²) in [6.45, 7) is 0. The Hall–Kier alpha value is -2.41. The average molecular weight is 278 g/mol. The second-order valence-electron chi connectivity index (χ2n) is 3.76. The smallest absolute Gasteiger partial charge is 0.339 e. The van der Waals surface area contributed by atoms with Crippen LogP contribution in [-0.2, 0) is 4.74 Å². The lowest BCUT2D eigenvalue weighted by molar-refractivity contribution is 0.0600. The zero-order valence-electron chi connectivity index (χ0n) is 9.79. The molecule has 0 atom stereocenters. The van der Waals surface area contributed by atoms with Gasteiger partial charge in [-0.3, -0.25) is 9.50 Å². The van der Waals surface area contributed by atoms with Crippen molar-refractivity contribution in [2.24, 2.45) is 0 Å². The normalized spacial score (nSPS) is 10.8. The predicted octanol–water partition coefficient (Wildman–Crippen LogP) is 1.56. The van der Waals surface area contributed by atoms with Gasteiger partial charge >= 0.3 is 5.97 Å². The number of carbonyl (C=O) groups excluding carboxylic acids is 1. The number of hydrogen-bond donors (Lipinski definition) is 1. The molecule has 0 unspecified atom stereocenters. The highest BCUT2D eigenvalue weighted by molar-refractivity contribution is 6.33. The van der Waals surface area contributed by atoms with Gasteiger partial charge in [0.25, 0.3) is 0 Å². The summed E-state index contributed by atoms with van der Waals surface area (Å²) < 4.78 is 6.29. The first kappa shape index (κ1) is 11.7. The molecule has 3 aromatic rings. The van der Waals surface area contributed by atoms with E-state index >= 15 is 0 Å². The zero-order valence-corrected chi connectivity index (χ0v) is 10.5. The van der Waals surface area contributed by atoms with Crippen molar-refractivity contribution >= 4 is 23.2 Å². The summed E-state index contributed by atoms with van der Waals surface area (Å²) in [5.41, 5.74) is 1.45. The fourth-order valence-electron chi connectivity index (χ4n) is 1.75. The van der Waals surface area contributed by atoms with Crippen LogP contribution in [0.1, 0.15) is 10.4 Å². The van der Waals surface area contributed by atoms with Crippen molar-refractivity contribution in [1.82, 2.24) is 24.8 Å². The van der Waals surface area contributed by atoms with Gasteiger partial charge in [-0.15, -0.1) is 10.2 Å². The number of nitrogens with zero attached hydrogens (tertiary/aromatic N) is 4. The van der Waals surface area contributed by atoms with Crippen molar-refractivity contribution in [3.8, 4) is 11.5 Å². The third-order valence-corrected chi connectivity index (χ3v) is 2.90. The minimum atomic E-state index is -0.479. The number of ether oxygens (including phenoxy) is 1. The molecule has 0 aliphatic carbocycles. The second kappa shape index (κ2) is 4.36. The van der Waals surface area contributed by atoms with Gasteiger partial charge in [-0.25, -0.2) is 4.79 Å². The first-order valence-electron chi connectivity index (χ1n) is 5.33. The van der Waals surface area contributed by atoms with Crippen molar-refractivity contribution < 1.29 is 9.53 Å². The van der Waals surface area contributed by atoms with Crippen LogP contribution in [0.3, 0.4) is 0 Å². The van der Waals surface area contributed by atoms with Gasteiger partial charge in [0, 0.05) is 12.4 Å². The molecule has 0 aliphatic rings. The Morgan fingerprint density at radius 3 is 3.00 bits per heavy atom. The Morgan fingerprint density at radius 1 is 1.47 bits per heavy atom. The van der Waals surface area contributed by atoms with Gasteiger partial charge in [0.1, 0.15) is 5.69 Å². The molecular weight excluding hydrogens is 270 g/mol. The SMILES string of the molecule is COC(=O)c1cc(Cl)c2nnc(-c3ccn[nH]3)n2c1. The maximum absolute atomic E-state index is 11.6. The summed E-state index contributed by atoms with van der Waals surface area (Å²) in [6, 6.07) is 3.24. The molecule has 1 N–H and O–H groups in total. The molecule has 0 saturated carbocycles. The van der Waals surface area contributed by atoms with Crippen LogP contribution in [0, 0.1) is 0 Å². The highest BCUT2D eigenvalue weighted by Crippen LogP contribution is 2.22. The van der Waals surface area contributed by atoms with Gasteiger partial charge in [0.05, 0.1) is 17.7 Å². The molecule has 0 radical (unpaired) electrons. The largest absolute Gasteiger partial charge is 0.465 e. The van der Waals surface area contributed by atoms with Crippen molar-refractivity contribution in [1.29, 1.82) is 0 Å². The highest BCUT2D eigenvalue weighted by atomic mass is 35.5. The van der Waals surface area contributed by atoms with Crippen molar-refractivity contribution in [3.63, 3.8) is 0 Å². The third kappa shape index (κ3) is 1.84. The van der Waals surface area contributed by atoms with Crippen LogP contribution in [0.5, 0.6) is 0 Å². The number of aromatic nitrogens is 5. The first-order valence-corrected chi connectivity index (χ1v) is 5.71. The van der Waals surface area contributed by atoms with Gasteiger partial charge in [0.15, 0.2) is 11.5 Å². The van der Waals surface area contributed by atoms with Gasteiger partial charge in [-0.1, -0.05) is 11.6 Å². The molecular formula is C11H8ClN5O2. The standard InChI is InChI=1S/C11H8ClN5O2/c1-19-11(18)6-4-7(12)9-15-16-10(17(9)5-6)8-2-3-13-14-8/h2-5H,1H3,(H,13,14). The Labute approximate surface area is 112 Å². The molecule has 0 bridgehead atoms. The van der Waals surface area contributed by atoms with E-state index in [9.17, 15) is 4.79 Å². The lowest BCUT2D eigenvalue weighted by Gasteiger charge is -2.03. The number of H-pyrrole nitrogens is 1. The minimum absolute atomic E-state index is 0.320. The highest BCUT2D eigenvalue weighted by Gasteiger charge is 2.15. The van der Waals surface area contributed by atoms with Crippen molar-refractivity contribution in [3.05, 3.63) is 35.1 Å². The Bertz CT molecular complexity index is 750. The summed E-state index contributed by atoms with van der Waals surface area (Å²) in [4.78, 5) is 11.6. The van der Waals surface area contributed by atoms with Crippen molar-refractivity contribution in [2.75, 3.05) is 7.11 Å². The Balaban J connectivity index is 2.26. The molecule has 0 amide bonds. The summed E-state index contributed by atoms with van der Waals surface area (Å²) >= 11 is 6.08. The fourth-order valence-corrected chi connectivity index (χ4v) is 1.99. The van der Waals surface area contributed by atoms with Crippen LogP contribution < -0.4 is 0 Å². The number of carbonyl (C=O) groups is 1. The Morgan fingerprint density at radius 2 is 2.32 bits per heavy atom. The van der Waals surface area contributed by atoms with E-state index in [4.69, 9.17) is 11.6 Å². The maximum atomic E-state index is 11.6. The summed E-state index contributed by atoms with van der Waals surface area (Å²) in [6.07, 6.45) is 3.17. The molecule has 0 saturated heterocycles. The molecule has 8 heteroatoms. The van der Waals surface area contributed by atoms with Gasteiger partial charge < -0.3 is 4.74 Å². The molecule has 7 nitrogen and oxygen atoms in total. The zero-order chi connectivity index (χ0) is 13.4.